The highest BCUT2D eigenvalue weighted by atomic mass is 16.5. The molecule has 5 nitrogen and oxygen atoms in total. The number of amides is 1. The van der Waals surface area contributed by atoms with Crippen molar-refractivity contribution in [3.63, 3.8) is 0 Å². The third-order valence-corrected chi connectivity index (χ3v) is 3.54. The lowest BCUT2D eigenvalue weighted by atomic mass is 9.87. The standard InChI is InChI=1S/C19H23N3O2/c1-14(15-9-11-20-12-10-15)21-22-18(23)13-24-17-7-5-16(6-8-17)19(2,3)4/h5-12H,13H2,1-4H3,(H,22,23)/b21-14-. The van der Waals surface area contributed by atoms with Crippen LogP contribution in [-0.2, 0) is 10.2 Å². The summed E-state index contributed by atoms with van der Waals surface area (Å²) in [6.45, 7) is 8.20. The molecule has 1 N–H and O–H groups in total. The van der Waals surface area contributed by atoms with E-state index in [1.54, 1.807) is 12.4 Å². The summed E-state index contributed by atoms with van der Waals surface area (Å²) < 4.78 is 5.48. The van der Waals surface area contributed by atoms with Gasteiger partial charge in [0.2, 0.25) is 0 Å². The van der Waals surface area contributed by atoms with Gasteiger partial charge in [0, 0.05) is 18.0 Å². The quantitative estimate of drug-likeness (QED) is 0.677. The second-order valence-corrected chi connectivity index (χ2v) is 6.53. The van der Waals surface area contributed by atoms with Gasteiger partial charge in [-0.05, 0) is 42.2 Å². The molecule has 0 aliphatic rings. The summed E-state index contributed by atoms with van der Waals surface area (Å²) in [5, 5.41) is 4.06. The number of aromatic nitrogens is 1. The number of nitrogens with one attached hydrogen (secondary N) is 1. The molecule has 1 aromatic carbocycles. The van der Waals surface area contributed by atoms with Crippen molar-refractivity contribution in [2.75, 3.05) is 6.61 Å². The van der Waals surface area contributed by atoms with E-state index >= 15 is 0 Å². The minimum atomic E-state index is -0.302. The van der Waals surface area contributed by atoms with Gasteiger partial charge >= 0.3 is 0 Å². The second-order valence-electron chi connectivity index (χ2n) is 6.53. The highest BCUT2D eigenvalue weighted by Crippen LogP contribution is 2.24. The molecule has 1 aromatic heterocycles. The van der Waals surface area contributed by atoms with E-state index in [9.17, 15) is 4.79 Å². The first-order chi connectivity index (χ1) is 11.4. The first-order valence-electron chi connectivity index (χ1n) is 7.83. The Morgan fingerprint density at radius 3 is 2.33 bits per heavy atom. The van der Waals surface area contributed by atoms with Crippen LogP contribution in [0.2, 0.25) is 0 Å². The van der Waals surface area contributed by atoms with Crippen molar-refractivity contribution in [1.29, 1.82) is 0 Å². The van der Waals surface area contributed by atoms with E-state index < -0.39 is 0 Å². The number of ether oxygens (including phenoxy) is 1. The summed E-state index contributed by atoms with van der Waals surface area (Å²) in [5.41, 5.74) is 5.42. The van der Waals surface area contributed by atoms with Gasteiger partial charge in [0.05, 0.1) is 5.71 Å². The number of carbonyl (C=O) groups is 1. The Kier molecular flexibility index (Phi) is 5.68. The molecule has 2 aromatic rings. The van der Waals surface area contributed by atoms with Crippen LogP contribution in [-0.4, -0.2) is 23.2 Å². The molecule has 126 valence electrons. The number of carbonyl (C=O) groups excluding carboxylic acids is 1. The average molecular weight is 325 g/mol. The molecular formula is C19H23N3O2. The van der Waals surface area contributed by atoms with Gasteiger partial charge < -0.3 is 4.74 Å². The zero-order valence-electron chi connectivity index (χ0n) is 14.5. The maximum atomic E-state index is 11.8. The van der Waals surface area contributed by atoms with Crippen LogP contribution in [0.5, 0.6) is 5.75 Å². The highest BCUT2D eigenvalue weighted by Gasteiger charge is 2.13. The molecule has 0 radical (unpaired) electrons. The van der Waals surface area contributed by atoms with E-state index in [1.165, 1.54) is 5.56 Å². The Balaban J connectivity index is 1.85. The summed E-state index contributed by atoms with van der Waals surface area (Å²) in [5.74, 6) is 0.358. The van der Waals surface area contributed by atoms with E-state index in [1.807, 2.05) is 43.3 Å². The van der Waals surface area contributed by atoms with Gasteiger partial charge in [0.1, 0.15) is 5.75 Å². The third-order valence-electron chi connectivity index (χ3n) is 3.54. The Morgan fingerprint density at radius 2 is 1.75 bits per heavy atom. The minimum Gasteiger partial charge on any atom is -0.484 e. The van der Waals surface area contributed by atoms with Crippen LogP contribution in [0.3, 0.4) is 0 Å². The van der Waals surface area contributed by atoms with Crippen LogP contribution in [0.25, 0.3) is 0 Å². The van der Waals surface area contributed by atoms with Crippen molar-refractivity contribution in [3.8, 4) is 5.75 Å². The number of rotatable bonds is 5. The molecular weight excluding hydrogens is 302 g/mol. The number of pyridine rings is 1. The van der Waals surface area contributed by atoms with E-state index in [2.05, 4.69) is 36.3 Å². The van der Waals surface area contributed by atoms with Crippen LogP contribution in [0.15, 0.2) is 53.9 Å². The van der Waals surface area contributed by atoms with Crippen LogP contribution < -0.4 is 10.2 Å². The zero-order chi connectivity index (χ0) is 17.6. The number of hydrogen-bond acceptors (Lipinski definition) is 4. The Bertz CT molecular complexity index is 702. The van der Waals surface area contributed by atoms with Crippen LogP contribution in [0, 0.1) is 0 Å². The first kappa shape index (κ1) is 17.7. The van der Waals surface area contributed by atoms with Crippen LogP contribution >= 0.6 is 0 Å². The molecule has 1 heterocycles. The van der Waals surface area contributed by atoms with E-state index in [-0.39, 0.29) is 17.9 Å². The number of hydrazone groups is 1. The fourth-order valence-corrected chi connectivity index (χ4v) is 2.04. The SMILES string of the molecule is C/C(=N/NC(=O)COc1ccc(C(C)(C)C)cc1)c1ccncc1. The summed E-state index contributed by atoms with van der Waals surface area (Å²) in [7, 11) is 0. The normalized spacial score (nSPS) is 11.9. The molecule has 0 bridgehead atoms. The fraction of sp³-hybridized carbons (Fsp3) is 0.316. The van der Waals surface area contributed by atoms with Crippen molar-refractivity contribution in [3.05, 3.63) is 59.9 Å². The van der Waals surface area contributed by atoms with Crippen molar-refractivity contribution in [2.24, 2.45) is 5.10 Å². The van der Waals surface area contributed by atoms with Gasteiger partial charge in [-0.25, -0.2) is 5.43 Å². The van der Waals surface area contributed by atoms with Crippen molar-refractivity contribution < 1.29 is 9.53 Å². The molecule has 5 heteroatoms. The van der Waals surface area contributed by atoms with Gasteiger partial charge in [-0.3, -0.25) is 9.78 Å². The minimum absolute atomic E-state index is 0.0814. The Labute approximate surface area is 142 Å². The predicted molar refractivity (Wildman–Crippen MR) is 95.2 cm³/mol. The monoisotopic (exact) mass is 325 g/mol. The van der Waals surface area contributed by atoms with Gasteiger partial charge in [-0.15, -0.1) is 0 Å². The molecule has 0 saturated heterocycles. The molecule has 2 rings (SSSR count). The largest absolute Gasteiger partial charge is 0.484 e. The molecule has 1 amide bonds. The number of benzene rings is 1. The molecule has 0 fully saturated rings. The molecule has 0 aliphatic carbocycles. The summed E-state index contributed by atoms with van der Waals surface area (Å²) in [6, 6.07) is 11.4. The first-order valence-corrected chi connectivity index (χ1v) is 7.83. The lowest BCUT2D eigenvalue weighted by molar-refractivity contribution is -0.123. The molecule has 0 atom stereocenters. The summed E-state index contributed by atoms with van der Waals surface area (Å²) in [4.78, 5) is 15.8. The lowest BCUT2D eigenvalue weighted by Gasteiger charge is -2.19. The average Bonchev–Trinajstić information content (AvgIpc) is 2.58. The number of hydrogen-bond donors (Lipinski definition) is 1. The zero-order valence-corrected chi connectivity index (χ0v) is 14.5. The number of nitrogens with zero attached hydrogens (tertiary/aromatic N) is 2. The maximum absolute atomic E-state index is 11.8. The predicted octanol–water partition coefficient (Wildman–Crippen LogP) is 3.30. The lowest BCUT2D eigenvalue weighted by Crippen LogP contribution is -2.25. The molecule has 0 saturated carbocycles. The molecule has 24 heavy (non-hydrogen) atoms. The Hall–Kier alpha value is -2.69. The molecule has 0 spiro atoms. The summed E-state index contributed by atoms with van der Waals surface area (Å²) >= 11 is 0. The molecule has 0 aliphatic heterocycles. The topological polar surface area (TPSA) is 63.6 Å². The van der Waals surface area contributed by atoms with E-state index in [0.29, 0.717) is 11.5 Å². The highest BCUT2D eigenvalue weighted by molar-refractivity contribution is 5.99. The van der Waals surface area contributed by atoms with E-state index in [4.69, 9.17) is 4.74 Å². The van der Waals surface area contributed by atoms with Crippen molar-refractivity contribution in [1.82, 2.24) is 10.4 Å². The van der Waals surface area contributed by atoms with Gasteiger partial charge in [0.15, 0.2) is 6.61 Å². The maximum Gasteiger partial charge on any atom is 0.277 e. The van der Waals surface area contributed by atoms with Gasteiger partial charge in [-0.2, -0.15) is 5.10 Å². The van der Waals surface area contributed by atoms with Crippen molar-refractivity contribution >= 4 is 11.6 Å². The third kappa shape index (κ3) is 5.19. The Morgan fingerprint density at radius 1 is 1.12 bits per heavy atom. The van der Waals surface area contributed by atoms with Crippen LogP contribution in [0.1, 0.15) is 38.8 Å². The van der Waals surface area contributed by atoms with E-state index in [0.717, 1.165) is 5.56 Å². The fourth-order valence-electron chi connectivity index (χ4n) is 2.04. The second kappa shape index (κ2) is 7.73. The van der Waals surface area contributed by atoms with Crippen molar-refractivity contribution in [2.45, 2.75) is 33.1 Å². The van der Waals surface area contributed by atoms with Crippen LogP contribution in [0.4, 0.5) is 0 Å². The van der Waals surface area contributed by atoms with Gasteiger partial charge in [-0.1, -0.05) is 32.9 Å². The smallest absolute Gasteiger partial charge is 0.277 e. The van der Waals surface area contributed by atoms with Gasteiger partial charge in [0.25, 0.3) is 5.91 Å². The molecule has 0 unspecified atom stereocenters. The summed E-state index contributed by atoms with van der Waals surface area (Å²) in [6.07, 6.45) is 3.36.